The summed E-state index contributed by atoms with van der Waals surface area (Å²) in [4.78, 5) is 24.4. The maximum absolute atomic E-state index is 11.0. The van der Waals surface area contributed by atoms with Crippen LogP contribution in [0.25, 0.3) is 10.9 Å². The predicted molar refractivity (Wildman–Crippen MR) is 67.3 cm³/mol. The zero-order valence-corrected chi connectivity index (χ0v) is 9.90. The molecule has 2 aromatic rings. The Kier molecular flexibility index (Phi) is 3.27. The molecule has 94 valence electrons. The maximum atomic E-state index is 11.0. The third-order valence-corrected chi connectivity index (χ3v) is 2.73. The molecule has 0 saturated carbocycles. The first-order valence-corrected chi connectivity index (χ1v) is 5.57. The van der Waals surface area contributed by atoms with Crippen LogP contribution in [0.15, 0.2) is 24.4 Å². The molecule has 1 amide bonds. The molecule has 0 aliphatic carbocycles. The summed E-state index contributed by atoms with van der Waals surface area (Å²) >= 11 is 0. The Labute approximate surface area is 103 Å². The number of carbonyl (C=O) groups excluding carboxylic acids is 1. The Morgan fingerprint density at radius 2 is 2.28 bits per heavy atom. The largest absolute Gasteiger partial charge is 0.361 e. The van der Waals surface area contributed by atoms with E-state index in [4.69, 9.17) is 0 Å². The summed E-state index contributed by atoms with van der Waals surface area (Å²) in [6, 6.07) is 4.93. The Balaban J connectivity index is 2.33. The van der Waals surface area contributed by atoms with Gasteiger partial charge in [0.25, 0.3) is 5.69 Å². The molecule has 0 bridgehead atoms. The number of nitrogens with one attached hydrogen (secondary N) is 2. The summed E-state index contributed by atoms with van der Waals surface area (Å²) in [5, 5.41) is 14.3. The maximum Gasteiger partial charge on any atom is 0.279 e. The van der Waals surface area contributed by atoms with Crippen molar-refractivity contribution in [2.24, 2.45) is 0 Å². The van der Waals surface area contributed by atoms with Crippen molar-refractivity contribution in [1.29, 1.82) is 0 Å². The lowest BCUT2D eigenvalue weighted by Gasteiger charge is -2.01. The Bertz CT molecular complexity index is 604. The molecule has 1 heterocycles. The zero-order chi connectivity index (χ0) is 13.1. The zero-order valence-electron chi connectivity index (χ0n) is 9.90. The average Bonchev–Trinajstić information content (AvgIpc) is 2.72. The SMILES string of the molecule is CC(=O)NCCc1c[nH]c2cccc([N+](=O)[O-])c12. The van der Waals surface area contributed by atoms with E-state index < -0.39 is 4.92 Å². The van der Waals surface area contributed by atoms with Crippen LogP contribution >= 0.6 is 0 Å². The minimum absolute atomic E-state index is 0.0894. The normalized spacial score (nSPS) is 10.5. The second-order valence-electron chi connectivity index (χ2n) is 4.00. The van der Waals surface area contributed by atoms with Crippen molar-refractivity contribution in [3.63, 3.8) is 0 Å². The number of hydrogen-bond acceptors (Lipinski definition) is 3. The van der Waals surface area contributed by atoms with Gasteiger partial charge in [0.1, 0.15) is 0 Å². The van der Waals surface area contributed by atoms with Crippen molar-refractivity contribution in [3.8, 4) is 0 Å². The number of hydrogen-bond donors (Lipinski definition) is 2. The molecule has 6 heteroatoms. The van der Waals surface area contributed by atoms with Gasteiger partial charge in [-0.2, -0.15) is 0 Å². The number of non-ortho nitro benzene ring substituents is 1. The number of nitro groups is 1. The number of aromatic amines is 1. The van der Waals surface area contributed by atoms with E-state index in [-0.39, 0.29) is 11.6 Å². The molecular weight excluding hydrogens is 234 g/mol. The number of benzene rings is 1. The molecule has 6 nitrogen and oxygen atoms in total. The van der Waals surface area contributed by atoms with Crippen LogP contribution in [0.2, 0.25) is 0 Å². The molecule has 0 fully saturated rings. The Hall–Kier alpha value is -2.37. The van der Waals surface area contributed by atoms with Crippen LogP contribution in [0.5, 0.6) is 0 Å². The van der Waals surface area contributed by atoms with Gasteiger partial charge in [-0.25, -0.2) is 0 Å². The molecule has 1 aromatic carbocycles. The molecule has 0 radical (unpaired) electrons. The van der Waals surface area contributed by atoms with Crippen LogP contribution < -0.4 is 5.32 Å². The third kappa shape index (κ3) is 2.32. The molecule has 1 aromatic heterocycles. The third-order valence-electron chi connectivity index (χ3n) is 2.73. The van der Waals surface area contributed by atoms with E-state index in [1.165, 1.54) is 13.0 Å². The highest BCUT2D eigenvalue weighted by Crippen LogP contribution is 2.28. The summed E-state index contributed by atoms with van der Waals surface area (Å²) in [5.41, 5.74) is 1.67. The molecule has 0 aliphatic rings. The lowest BCUT2D eigenvalue weighted by Crippen LogP contribution is -2.22. The number of rotatable bonds is 4. The second-order valence-corrected chi connectivity index (χ2v) is 4.00. The van der Waals surface area contributed by atoms with E-state index in [1.807, 2.05) is 0 Å². The van der Waals surface area contributed by atoms with Crippen molar-refractivity contribution in [3.05, 3.63) is 40.1 Å². The van der Waals surface area contributed by atoms with E-state index in [0.717, 1.165) is 11.1 Å². The Morgan fingerprint density at radius 1 is 1.50 bits per heavy atom. The fraction of sp³-hybridized carbons (Fsp3) is 0.250. The minimum atomic E-state index is -0.391. The van der Waals surface area contributed by atoms with E-state index in [9.17, 15) is 14.9 Å². The van der Waals surface area contributed by atoms with Crippen LogP contribution in [0.3, 0.4) is 0 Å². The summed E-state index contributed by atoms with van der Waals surface area (Å²) in [6.07, 6.45) is 2.31. The van der Waals surface area contributed by atoms with Crippen molar-refractivity contribution in [2.75, 3.05) is 6.54 Å². The van der Waals surface area contributed by atoms with Crippen LogP contribution in [0, 0.1) is 10.1 Å². The quantitative estimate of drug-likeness (QED) is 0.637. The molecule has 2 N–H and O–H groups in total. The monoisotopic (exact) mass is 247 g/mol. The van der Waals surface area contributed by atoms with Gasteiger partial charge in [-0.3, -0.25) is 14.9 Å². The average molecular weight is 247 g/mol. The lowest BCUT2D eigenvalue weighted by atomic mass is 10.1. The number of nitro benzene ring substituents is 1. The van der Waals surface area contributed by atoms with E-state index in [1.54, 1.807) is 18.3 Å². The first kappa shape index (κ1) is 12.1. The van der Waals surface area contributed by atoms with Gasteiger partial charge in [-0.15, -0.1) is 0 Å². The summed E-state index contributed by atoms with van der Waals surface area (Å²) < 4.78 is 0. The molecule has 0 atom stereocenters. The fourth-order valence-corrected chi connectivity index (χ4v) is 1.96. The van der Waals surface area contributed by atoms with E-state index in [0.29, 0.717) is 18.4 Å². The van der Waals surface area contributed by atoms with Crippen LogP contribution in [-0.2, 0) is 11.2 Å². The number of amides is 1. The number of fused-ring (bicyclic) bond motifs is 1. The van der Waals surface area contributed by atoms with Gasteiger partial charge in [0.15, 0.2) is 0 Å². The minimum Gasteiger partial charge on any atom is -0.361 e. The van der Waals surface area contributed by atoms with E-state index >= 15 is 0 Å². The Morgan fingerprint density at radius 3 is 2.94 bits per heavy atom. The molecule has 0 aliphatic heterocycles. The molecule has 18 heavy (non-hydrogen) atoms. The fourth-order valence-electron chi connectivity index (χ4n) is 1.96. The molecular formula is C12H13N3O3. The second kappa shape index (κ2) is 4.87. The number of carbonyl (C=O) groups is 1. The first-order chi connectivity index (χ1) is 8.59. The highest BCUT2D eigenvalue weighted by atomic mass is 16.6. The summed E-state index contributed by atoms with van der Waals surface area (Å²) in [6.45, 7) is 1.91. The predicted octanol–water partition coefficient (Wildman–Crippen LogP) is 1.75. The van der Waals surface area contributed by atoms with Gasteiger partial charge >= 0.3 is 0 Å². The van der Waals surface area contributed by atoms with Gasteiger partial charge < -0.3 is 10.3 Å². The molecule has 2 rings (SSSR count). The van der Waals surface area contributed by atoms with Crippen molar-refractivity contribution in [1.82, 2.24) is 10.3 Å². The summed E-state index contributed by atoms with van der Waals surface area (Å²) in [7, 11) is 0. The lowest BCUT2D eigenvalue weighted by molar-refractivity contribution is -0.383. The van der Waals surface area contributed by atoms with Gasteiger partial charge in [0.2, 0.25) is 5.91 Å². The van der Waals surface area contributed by atoms with Crippen LogP contribution in [-0.4, -0.2) is 22.4 Å². The van der Waals surface area contributed by atoms with Gasteiger partial charge in [-0.1, -0.05) is 6.07 Å². The highest BCUT2D eigenvalue weighted by Gasteiger charge is 2.16. The van der Waals surface area contributed by atoms with Crippen molar-refractivity contribution < 1.29 is 9.72 Å². The number of nitrogens with zero attached hydrogens (tertiary/aromatic N) is 1. The van der Waals surface area contributed by atoms with Crippen molar-refractivity contribution in [2.45, 2.75) is 13.3 Å². The van der Waals surface area contributed by atoms with Gasteiger partial charge in [-0.05, 0) is 18.1 Å². The van der Waals surface area contributed by atoms with Crippen molar-refractivity contribution >= 4 is 22.5 Å². The smallest absolute Gasteiger partial charge is 0.279 e. The van der Waals surface area contributed by atoms with E-state index in [2.05, 4.69) is 10.3 Å². The number of H-pyrrole nitrogens is 1. The topological polar surface area (TPSA) is 88.0 Å². The highest BCUT2D eigenvalue weighted by molar-refractivity contribution is 5.91. The van der Waals surface area contributed by atoms with Gasteiger partial charge in [0, 0.05) is 25.7 Å². The molecule has 0 spiro atoms. The van der Waals surface area contributed by atoms with Crippen LogP contribution in [0.4, 0.5) is 5.69 Å². The molecule has 0 unspecified atom stereocenters. The molecule has 0 saturated heterocycles. The first-order valence-electron chi connectivity index (χ1n) is 5.57. The number of aromatic nitrogens is 1. The standard InChI is InChI=1S/C12H13N3O3/c1-8(16)13-6-5-9-7-14-10-3-2-4-11(12(9)10)15(17)18/h2-4,7,14H,5-6H2,1H3,(H,13,16). The van der Waals surface area contributed by atoms with Gasteiger partial charge in [0.05, 0.1) is 15.8 Å². The van der Waals surface area contributed by atoms with Crippen LogP contribution in [0.1, 0.15) is 12.5 Å². The summed E-state index contributed by atoms with van der Waals surface area (Å²) in [5.74, 6) is -0.107.